The molecule has 1 unspecified atom stereocenters. The molecule has 1 fully saturated rings. The fourth-order valence-corrected chi connectivity index (χ4v) is 2.10. The minimum Gasteiger partial charge on any atom is -0.480 e. The first-order chi connectivity index (χ1) is 8.83. The lowest BCUT2D eigenvalue weighted by molar-refractivity contribution is -0.144. The molecule has 0 amide bonds. The molecule has 5 heteroatoms. The van der Waals surface area contributed by atoms with Gasteiger partial charge >= 0.3 is 5.97 Å². The molecule has 1 rings (SSSR count). The van der Waals surface area contributed by atoms with Crippen LogP contribution >= 0.6 is 0 Å². The molecular weight excluding hydrogens is 242 g/mol. The van der Waals surface area contributed by atoms with Crippen molar-refractivity contribution in [3.63, 3.8) is 0 Å². The maximum absolute atomic E-state index is 11.4. The second-order valence-electron chi connectivity index (χ2n) is 6.27. The van der Waals surface area contributed by atoms with Crippen LogP contribution in [0.25, 0.3) is 0 Å². The van der Waals surface area contributed by atoms with Gasteiger partial charge in [-0.15, -0.1) is 0 Å². The maximum Gasteiger partial charge on any atom is 0.323 e. The number of nitrogens with one attached hydrogen (secondary N) is 1. The van der Waals surface area contributed by atoms with Crippen molar-refractivity contribution >= 4 is 5.97 Å². The summed E-state index contributed by atoms with van der Waals surface area (Å²) in [6, 6.07) is 0.417. The number of carboxylic acids is 1. The van der Waals surface area contributed by atoms with E-state index in [1.807, 2.05) is 0 Å². The first kappa shape index (κ1) is 16.4. The van der Waals surface area contributed by atoms with Crippen LogP contribution in [0.4, 0.5) is 0 Å². The summed E-state index contributed by atoms with van der Waals surface area (Å²) in [5.41, 5.74) is -0.781. The van der Waals surface area contributed by atoms with E-state index in [1.54, 1.807) is 6.92 Å². The summed E-state index contributed by atoms with van der Waals surface area (Å²) in [7, 11) is 6.21. The number of rotatable bonds is 10. The molecule has 5 nitrogen and oxygen atoms in total. The van der Waals surface area contributed by atoms with E-state index in [1.165, 1.54) is 0 Å². The van der Waals surface area contributed by atoms with Crippen LogP contribution in [0.1, 0.15) is 32.6 Å². The Balaban J connectivity index is 2.28. The Kier molecular flexibility index (Phi) is 6.23. The van der Waals surface area contributed by atoms with Crippen LogP contribution in [0.15, 0.2) is 0 Å². The lowest BCUT2D eigenvalue weighted by Crippen LogP contribution is -2.52. The Morgan fingerprint density at radius 1 is 1.26 bits per heavy atom. The molecule has 0 saturated heterocycles. The molecule has 112 valence electrons. The molecule has 0 radical (unpaired) electrons. The Labute approximate surface area is 117 Å². The molecule has 0 aromatic rings. The highest BCUT2D eigenvalue weighted by atomic mass is 16.4. The lowest BCUT2D eigenvalue weighted by Gasteiger charge is -2.29. The smallest absolute Gasteiger partial charge is 0.323 e. The van der Waals surface area contributed by atoms with E-state index in [9.17, 15) is 9.90 Å². The van der Waals surface area contributed by atoms with E-state index in [2.05, 4.69) is 36.3 Å². The number of nitrogens with zero attached hydrogens (tertiary/aromatic N) is 2. The van der Waals surface area contributed by atoms with Crippen LogP contribution < -0.4 is 5.32 Å². The molecule has 1 saturated carbocycles. The molecule has 1 aliphatic rings. The molecule has 0 bridgehead atoms. The third-order valence-corrected chi connectivity index (χ3v) is 3.71. The zero-order valence-corrected chi connectivity index (χ0v) is 12.8. The van der Waals surface area contributed by atoms with Crippen molar-refractivity contribution in [1.29, 1.82) is 0 Å². The first-order valence-corrected chi connectivity index (χ1v) is 7.18. The largest absolute Gasteiger partial charge is 0.480 e. The van der Waals surface area contributed by atoms with Crippen LogP contribution in [0, 0.1) is 0 Å². The van der Waals surface area contributed by atoms with Crippen molar-refractivity contribution in [2.45, 2.75) is 44.2 Å². The van der Waals surface area contributed by atoms with E-state index < -0.39 is 11.5 Å². The summed E-state index contributed by atoms with van der Waals surface area (Å²) in [6.07, 6.45) is 3.99. The molecule has 0 spiro atoms. The summed E-state index contributed by atoms with van der Waals surface area (Å²) in [5.74, 6) is -0.735. The summed E-state index contributed by atoms with van der Waals surface area (Å²) >= 11 is 0. The van der Waals surface area contributed by atoms with Crippen LogP contribution in [-0.2, 0) is 4.79 Å². The van der Waals surface area contributed by atoms with Gasteiger partial charge in [0.15, 0.2) is 0 Å². The second-order valence-corrected chi connectivity index (χ2v) is 6.27. The summed E-state index contributed by atoms with van der Waals surface area (Å²) in [4.78, 5) is 15.8. The number of carbonyl (C=O) groups is 1. The molecule has 1 atom stereocenters. The average molecular weight is 271 g/mol. The number of hydrogen-bond donors (Lipinski definition) is 2. The van der Waals surface area contributed by atoms with Gasteiger partial charge in [-0.2, -0.15) is 0 Å². The standard InChI is InChI=1S/C14H29N3O2/c1-14(13(18)19,15-12-6-7-12)8-11-17(4)10-5-9-16(2)3/h12,15H,5-11H2,1-4H3,(H,18,19). The third kappa shape index (κ3) is 6.36. The molecule has 0 heterocycles. The Morgan fingerprint density at radius 2 is 1.89 bits per heavy atom. The molecule has 0 aromatic heterocycles. The van der Waals surface area contributed by atoms with Gasteiger partial charge in [-0.05, 0) is 66.8 Å². The van der Waals surface area contributed by atoms with E-state index in [0.29, 0.717) is 12.5 Å². The lowest BCUT2D eigenvalue weighted by atomic mass is 9.97. The fraction of sp³-hybridized carbons (Fsp3) is 0.929. The Morgan fingerprint density at radius 3 is 2.37 bits per heavy atom. The normalized spacial score (nSPS) is 18.8. The molecule has 1 aliphatic carbocycles. The molecular formula is C14H29N3O2. The van der Waals surface area contributed by atoms with Gasteiger partial charge in [0.2, 0.25) is 0 Å². The van der Waals surface area contributed by atoms with Crippen molar-refractivity contribution in [3.05, 3.63) is 0 Å². The molecule has 19 heavy (non-hydrogen) atoms. The SMILES string of the molecule is CN(C)CCCN(C)CCC(C)(NC1CC1)C(=O)O. The van der Waals surface area contributed by atoms with E-state index in [4.69, 9.17) is 0 Å². The zero-order chi connectivity index (χ0) is 14.5. The van der Waals surface area contributed by atoms with E-state index in [-0.39, 0.29) is 0 Å². The molecule has 0 aromatic carbocycles. The minimum absolute atomic E-state index is 0.417. The van der Waals surface area contributed by atoms with Crippen LogP contribution in [0.2, 0.25) is 0 Å². The van der Waals surface area contributed by atoms with Crippen LogP contribution in [-0.4, -0.2) is 73.2 Å². The van der Waals surface area contributed by atoms with Gasteiger partial charge in [0, 0.05) is 12.6 Å². The monoisotopic (exact) mass is 271 g/mol. The van der Waals surface area contributed by atoms with E-state index >= 15 is 0 Å². The van der Waals surface area contributed by atoms with Gasteiger partial charge in [-0.3, -0.25) is 10.1 Å². The number of hydrogen-bond acceptors (Lipinski definition) is 4. The fourth-order valence-electron chi connectivity index (χ4n) is 2.10. The topological polar surface area (TPSA) is 55.8 Å². The van der Waals surface area contributed by atoms with Crippen molar-refractivity contribution in [1.82, 2.24) is 15.1 Å². The summed E-state index contributed by atoms with van der Waals surface area (Å²) < 4.78 is 0. The maximum atomic E-state index is 11.4. The summed E-state index contributed by atoms with van der Waals surface area (Å²) in [5, 5.41) is 12.6. The van der Waals surface area contributed by atoms with E-state index in [0.717, 1.165) is 38.9 Å². The van der Waals surface area contributed by atoms with Gasteiger partial charge in [-0.1, -0.05) is 0 Å². The number of carboxylic acid groups (broad SMARTS) is 1. The Hall–Kier alpha value is -0.650. The Bertz CT molecular complexity index is 292. The van der Waals surface area contributed by atoms with Crippen molar-refractivity contribution < 1.29 is 9.90 Å². The number of aliphatic carboxylic acids is 1. The van der Waals surface area contributed by atoms with Gasteiger partial charge in [0.25, 0.3) is 0 Å². The van der Waals surface area contributed by atoms with Crippen molar-refractivity contribution in [2.24, 2.45) is 0 Å². The highest BCUT2D eigenvalue weighted by Gasteiger charge is 2.38. The highest BCUT2D eigenvalue weighted by molar-refractivity contribution is 5.78. The van der Waals surface area contributed by atoms with Gasteiger partial charge in [0.1, 0.15) is 5.54 Å². The third-order valence-electron chi connectivity index (χ3n) is 3.71. The van der Waals surface area contributed by atoms with Crippen LogP contribution in [0.3, 0.4) is 0 Å². The van der Waals surface area contributed by atoms with Gasteiger partial charge < -0.3 is 14.9 Å². The van der Waals surface area contributed by atoms with Crippen molar-refractivity contribution in [2.75, 3.05) is 40.8 Å². The summed E-state index contributed by atoms with van der Waals surface area (Å²) in [6.45, 7) is 4.70. The van der Waals surface area contributed by atoms with Gasteiger partial charge in [-0.25, -0.2) is 0 Å². The molecule has 2 N–H and O–H groups in total. The second kappa shape index (κ2) is 7.22. The van der Waals surface area contributed by atoms with Crippen LogP contribution in [0.5, 0.6) is 0 Å². The predicted octanol–water partition coefficient (Wildman–Crippen LogP) is 0.855. The predicted molar refractivity (Wildman–Crippen MR) is 77.5 cm³/mol. The quantitative estimate of drug-likeness (QED) is 0.617. The minimum atomic E-state index is -0.781. The average Bonchev–Trinajstić information content (AvgIpc) is 3.09. The molecule has 0 aliphatic heterocycles. The zero-order valence-electron chi connectivity index (χ0n) is 12.8. The van der Waals surface area contributed by atoms with Crippen molar-refractivity contribution in [3.8, 4) is 0 Å². The highest BCUT2D eigenvalue weighted by Crippen LogP contribution is 2.24. The van der Waals surface area contributed by atoms with Gasteiger partial charge in [0.05, 0.1) is 0 Å². The first-order valence-electron chi connectivity index (χ1n) is 7.18.